The topological polar surface area (TPSA) is 71.0 Å². The van der Waals surface area contributed by atoms with Crippen LogP contribution in [0.2, 0.25) is 0 Å². The van der Waals surface area contributed by atoms with Gasteiger partial charge in [-0.3, -0.25) is 9.78 Å². The summed E-state index contributed by atoms with van der Waals surface area (Å²) >= 11 is 0. The van der Waals surface area contributed by atoms with E-state index in [-0.39, 0.29) is 0 Å². The van der Waals surface area contributed by atoms with Crippen LogP contribution in [0.1, 0.15) is 5.56 Å². The molecule has 0 saturated carbocycles. The van der Waals surface area contributed by atoms with E-state index in [0.717, 1.165) is 23.4 Å². The summed E-state index contributed by atoms with van der Waals surface area (Å²) in [5, 5.41) is 3.07. The van der Waals surface area contributed by atoms with Crippen LogP contribution in [-0.4, -0.2) is 27.4 Å². The second-order valence-corrected chi connectivity index (χ2v) is 3.97. The van der Waals surface area contributed by atoms with Gasteiger partial charge in [-0.15, -0.1) is 0 Å². The molecule has 6 nitrogen and oxygen atoms in total. The summed E-state index contributed by atoms with van der Waals surface area (Å²) < 4.78 is 0. The molecule has 1 aliphatic rings. The lowest BCUT2D eigenvalue weighted by molar-refractivity contribution is -0.108. The van der Waals surface area contributed by atoms with Gasteiger partial charge in [-0.2, -0.15) is 0 Å². The minimum Gasteiger partial charge on any atom is -0.355 e. The van der Waals surface area contributed by atoms with Crippen molar-refractivity contribution in [1.29, 1.82) is 0 Å². The maximum Gasteiger partial charge on any atom is 0.162 e. The van der Waals surface area contributed by atoms with Gasteiger partial charge in [0.2, 0.25) is 0 Å². The van der Waals surface area contributed by atoms with Gasteiger partial charge in [0.05, 0.1) is 11.9 Å². The number of hydrogen-bond donors (Lipinski definition) is 1. The molecule has 1 aliphatic heterocycles. The van der Waals surface area contributed by atoms with E-state index in [4.69, 9.17) is 0 Å². The lowest BCUT2D eigenvalue weighted by Crippen LogP contribution is -2.36. The first-order valence-electron chi connectivity index (χ1n) is 5.56. The molecule has 3 rings (SSSR count). The molecule has 18 heavy (non-hydrogen) atoms. The molecular weight excluding hydrogens is 230 g/mol. The highest BCUT2D eigenvalue weighted by molar-refractivity contribution is 5.81. The zero-order valence-electron chi connectivity index (χ0n) is 9.52. The highest BCUT2D eigenvalue weighted by Crippen LogP contribution is 2.31. The van der Waals surface area contributed by atoms with E-state index in [1.54, 1.807) is 18.6 Å². The number of aromatic nitrogens is 3. The SMILES string of the molecule is O=CC1Nc2cncnc2N1Cc1cccnc1. The molecule has 0 spiro atoms. The Morgan fingerprint density at radius 2 is 2.33 bits per heavy atom. The number of pyridine rings is 1. The fraction of sp³-hybridized carbons (Fsp3) is 0.167. The Morgan fingerprint density at radius 1 is 1.39 bits per heavy atom. The van der Waals surface area contributed by atoms with Crippen molar-refractivity contribution < 1.29 is 4.79 Å². The molecule has 1 N–H and O–H groups in total. The molecule has 90 valence electrons. The van der Waals surface area contributed by atoms with Crippen LogP contribution in [0.5, 0.6) is 0 Å². The van der Waals surface area contributed by atoms with E-state index in [0.29, 0.717) is 6.54 Å². The average molecular weight is 241 g/mol. The summed E-state index contributed by atoms with van der Waals surface area (Å²) in [7, 11) is 0. The normalized spacial score (nSPS) is 17.1. The summed E-state index contributed by atoms with van der Waals surface area (Å²) in [6.07, 6.45) is 7.10. The minimum absolute atomic E-state index is 0.406. The molecular formula is C12H11N5O. The summed E-state index contributed by atoms with van der Waals surface area (Å²) in [5.74, 6) is 0.742. The molecule has 0 aliphatic carbocycles. The first-order chi connectivity index (χ1) is 8.88. The van der Waals surface area contributed by atoms with E-state index in [2.05, 4.69) is 20.3 Å². The van der Waals surface area contributed by atoms with Gasteiger partial charge in [-0.05, 0) is 11.6 Å². The number of carbonyl (C=O) groups excluding carboxylic acids is 1. The monoisotopic (exact) mass is 241 g/mol. The number of aldehydes is 1. The number of carbonyl (C=O) groups is 1. The lowest BCUT2D eigenvalue weighted by atomic mass is 10.2. The van der Waals surface area contributed by atoms with Crippen LogP contribution in [0.25, 0.3) is 0 Å². The zero-order valence-corrected chi connectivity index (χ0v) is 9.52. The Labute approximate surface area is 104 Å². The summed E-state index contributed by atoms with van der Waals surface area (Å²) in [6, 6.07) is 3.84. The first-order valence-corrected chi connectivity index (χ1v) is 5.56. The Morgan fingerprint density at radius 3 is 3.11 bits per heavy atom. The Hall–Kier alpha value is -2.50. The number of nitrogens with one attached hydrogen (secondary N) is 1. The molecule has 0 saturated heterocycles. The Balaban J connectivity index is 1.92. The molecule has 1 unspecified atom stereocenters. The largest absolute Gasteiger partial charge is 0.355 e. The Bertz CT molecular complexity index is 559. The zero-order chi connectivity index (χ0) is 12.4. The van der Waals surface area contributed by atoms with Crippen molar-refractivity contribution in [3.63, 3.8) is 0 Å². The van der Waals surface area contributed by atoms with Gasteiger partial charge in [0.25, 0.3) is 0 Å². The Kier molecular flexibility index (Phi) is 2.60. The highest BCUT2D eigenvalue weighted by Gasteiger charge is 2.29. The molecule has 0 fully saturated rings. The third-order valence-electron chi connectivity index (χ3n) is 2.81. The molecule has 6 heteroatoms. The number of nitrogens with zero attached hydrogens (tertiary/aromatic N) is 4. The average Bonchev–Trinajstić information content (AvgIpc) is 2.78. The third kappa shape index (κ3) is 1.77. The van der Waals surface area contributed by atoms with Crippen LogP contribution < -0.4 is 10.2 Å². The lowest BCUT2D eigenvalue weighted by Gasteiger charge is -2.21. The van der Waals surface area contributed by atoms with Gasteiger partial charge < -0.3 is 10.2 Å². The number of hydrogen-bond acceptors (Lipinski definition) is 6. The van der Waals surface area contributed by atoms with E-state index in [1.807, 2.05) is 17.0 Å². The predicted octanol–water partition coefficient (Wildman–Crippen LogP) is 0.829. The fourth-order valence-electron chi connectivity index (χ4n) is 1.99. The third-order valence-corrected chi connectivity index (χ3v) is 2.81. The number of rotatable bonds is 3. The van der Waals surface area contributed by atoms with Crippen LogP contribution in [0, 0.1) is 0 Å². The smallest absolute Gasteiger partial charge is 0.162 e. The molecule has 2 aromatic heterocycles. The quantitative estimate of drug-likeness (QED) is 0.802. The highest BCUT2D eigenvalue weighted by atomic mass is 16.1. The predicted molar refractivity (Wildman–Crippen MR) is 65.9 cm³/mol. The summed E-state index contributed by atoms with van der Waals surface area (Å²) in [5.41, 5.74) is 1.80. The van der Waals surface area contributed by atoms with E-state index < -0.39 is 6.17 Å². The first kappa shape index (κ1) is 10.6. The summed E-state index contributed by atoms with van der Waals surface area (Å²) in [6.45, 7) is 0.578. The van der Waals surface area contributed by atoms with Crippen LogP contribution in [0.4, 0.5) is 11.5 Å². The molecule has 1 atom stereocenters. The molecule has 0 radical (unpaired) electrons. The molecule has 2 aromatic rings. The van der Waals surface area contributed by atoms with Crippen LogP contribution in [0.3, 0.4) is 0 Å². The van der Waals surface area contributed by atoms with Gasteiger partial charge in [0, 0.05) is 18.9 Å². The van der Waals surface area contributed by atoms with Gasteiger partial charge in [0.15, 0.2) is 18.3 Å². The van der Waals surface area contributed by atoms with Crippen molar-refractivity contribution in [2.24, 2.45) is 0 Å². The fourth-order valence-corrected chi connectivity index (χ4v) is 1.99. The van der Waals surface area contributed by atoms with Crippen LogP contribution in [-0.2, 0) is 11.3 Å². The van der Waals surface area contributed by atoms with Crippen molar-refractivity contribution in [3.8, 4) is 0 Å². The van der Waals surface area contributed by atoms with E-state index in [1.165, 1.54) is 6.33 Å². The van der Waals surface area contributed by atoms with Gasteiger partial charge in [-0.25, -0.2) is 9.97 Å². The van der Waals surface area contributed by atoms with Crippen molar-refractivity contribution in [2.45, 2.75) is 12.7 Å². The minimum atomic E-state index is -0.406. The van der Waals surface area contributed by atoms with E-state index in [9.17, 15) is 4.79 Å². The van der Waals surface area contributed by atoms with Crippen molar-refractivity contribution in [3.05, 3.63) is 42.6 Å². The van der Waals surface area contributed by atoms with Gasteiger partial charge in [0.1, 0.15) is 6.33 Å². The number of anilines is 2. The van der Waals surface area contributed by atoms with Crippen molar-refractivity contribution >= 4 is 17.8 Å². The molecule has 0 bridgehead atoms. The van der Waals surface area contributed by atoms with Crippen molar-refractivity contribution in [1.82, 2.24) is 15.0 Å². The maximum absolute atomic E-state index is 11.1. The second kappa shape index (κ2) is 4.40. The second-order valence-electron chi connectivity index (χ2n) is 3.97. The molecule has 0 aromatic carbocycles. The summed E-state index contributed by atoms with van der Waals surface area (Å²) in [4.78, 5) is 25.2. The molecule has 0 amide bonds. The standard InChI is InChI=1S/C12H11N5O/c18-7-11-16-10-5-14-8-15-12(10)17(11)6-9-2-1-3-13-4-9/h1-5,7-8,11,16H,6H2. The van der Waals surface area contributed by atoms with Gasteiger partial charge >= 0.3 is 0 Å². The van der Waals surface area contributed by atoms with E-state index >= 15 is 0 Å². The van der Waals surface area contributed by atoms with Gasteiger partial charge in [-0.1, -0.05) is 6.07 Å². The van der Waals surface area contributed by atoms with Crippen molar-refractivity contribution in [2.75, 3.05) is 10.2 Å². The van der Waals surface area contributed by atoms with Crippen LogP contribution >= 0.6 is 0 Å². The number of fused-ring (bicyclic) bond motifs is 1. The van der Waals surface area contributed by atoms with Crippen LogP contribution in [0.15, 0.2) is 37.1 Å². The maximum atomic E-state index is 11.1. The molecule has 3 heterocycles.